The van der Waals surface area contributed by atoms with Gasteiger partial charge < -0.3 is 10.4 Å². The molecule has 1 unspecified atom stereocenters. The molecular formula is C16H14F3NO. The number of aromatic hydroxyl groups is 1. The highest BCUT2D eigenvalue weighted by atomic mass is 19.4. The number of rotatable bonds is 1. The van der Waals surface area contributed by atoms with E-state index in [2.05, 4.69) is 5.32 Å². The molecule has 110 valence electrons. The molecule has 0 fully saturated rings. The van der Waals surface area contributed by atoms with Gasteiger partial charge in [-0.1, -0.05) is 18.2 Å². The molecule has 5 heteroatoms. The Morgan fingerprint density at radius 3 is 2.67 bits per heavy atom. The predicted octanol–water partition coefficient (Wildman–Crippen LogP) is 3.65. The molecule has 2 aromatic rings. The van der Waals surface area contributed by atoms with Gasteiger partial charge in [-0.3, -0.25) is 0 Å². The Morgan fingerprint density at radius 2 is 1.90 bits per heavy atom. The van der Waals surface area contributed by atoms with E-state index in [4.69, 9.17) is 0 Å². The maximum atomic E-state index is 12.8. The van der Waals surface area contributed by atoms with Crippen molar-refractivity contribution in [2.24, 2.45) is 0 Å². The number of hydrogen-bond donors (Lipinski definition) is 2. The number of hydrogen-bond acceptors (Lipinski definition) is 2. The highest BCUT2D eigenvalue weighted by Crippen LogP contribution is 2.34. The summed E-state index contributed by atoms with van der Waals surface area (Å²) in [7, 11) is 0. The lowest BCUT2D eigenvalue weighted by Gasteiger charge is -2.28. The first-order valence-corrected chi connectivity index (χ1v) is 6.67. The summed E-state index contributed by atoms with van der Waals surface area (Å²) in [6.45, 7) is 0.664. The van der Waals surface area contributed by atoms with Gasteiger partial charge in [0.2, 0.25) is 0 Å². The molecule has 0 spiro atoms. The van der Waals surface area contributed by atoms with Crippen molar-refractivity contribution in [3.05, 3.63) is 64.7 Å². The Hall–Kier alpha value is -2.01. The van der Waals surface area contributed by atoms with Crippen LogP contribution in [0.25, 0.3) is 0 Å². The maximum Gasteiger partial charge on any atom is 0.416 e. The highest BCUT2D eigenvalue weighted by Gasteiger charge is 2.31. The molecule has 1 heterocycles. The van der Waals surface area contributed by atoms with Crippen molar-refractivity contribution in [2.75, 3.05) is 6.54 Å². The van der Waals surface area contributed by atoms with E-state index in [9.17, 15) is 18.3 Å². The Morgan fingerprint density at radius 1 is 1.10 bits per heavy atom. The van der Waals surface area contributed by atoms with E-state index in [1.54, 1.807) is 24.3 Å². The lowest BCUT2D eigenvalue weighted by molar-refractivity contribution is -0.137. The van der Waals surface area contributed by atoms with E-state index in [1.807, 2.05) is 0 Å². The normalized spacial score (nSPS) is 18.3. The van der Waals surface area contributed by atoms with E-state index in [1.165, 1.54) is 12.1 Å². The molecule has 0 amide bonds. The molecule has 2 N–H and O–H groups in total. The number of alkyl halides is 3. The van der Waals surface area contributed by atoms with E-state index in [0.717, 1.165) is 23.6 Å². The third kappa shape index (κ3) is 2.74. The molecule has 0 bridgehead atoms. The van der Waals surface area contributed by atoms with Gasteiger partial charge in [0.1, 0.15) is 5.75 Å². The van der Waals surface area contributed by atoms with Crippen LogP contribution in [0.4, 0.5) is 13.2 Å². The minimum Gasteiger partial charge on any atom is -0.508 e. The van der Waals surface area contributed by atoms with Crippen molar-refractivity contribution in [3.63, 3.8) is 0 Å². The molecule has 3 rings (SSSR count). The number of phenolic OH excluding ortho intramolecular Hbond substituents is 1. The van der Waals surface area contributed by atoms with E-state index in [-0.39, 0.29) is 11.8 Å². The molecular weight excluding hydrogens is 279 g/mol. The number of fused-ring (bicyclic) bond motifs is 1. The second kappa shape index (κ2) is 5.07. The third-order valence-electron chi connectivity index (χ3n) is 3.73. The predicted molar refractivity (Wildman–Crippen MR) is 73.1 cm³/mol. The van der Waals surface area contributed by atoms with Crippen LogP contribution < -0.4 is 5.32 Å². The molecule has 0 radical (unpaired) electrons. The Labute approximate surface area is 120 Å². The first kappa shape index (κ1) is 13.9. The van der Waals surface area contributed by atoms with Gasteiger partial charge in [0.15, 0.2) is 0 Å². The maximum absolute atomic E-state index is 12.8. The van der Waals surface area contributed by atoms with Crippen molar-refractivity contribution in [1.82, 2.24) is 5.32 Å². The zero-order valence-electron chi connectivity index (χ0n) is 11.1. The number of halogens is 3. The molecule has 0 aliphatic carbocycles. The smallest absolute Gasteiger partial charge is 0.416 e. The van der Waals surface area contributed by atoms with Crippen molar-refractivity contribution in [1.29, 1.82) is 0 Å². The number of benzene rings is 2. The van der Waals surface area contributed by atoms with Crippen molar-refractivity contribution < 1.29 is 18.3 Å². The fourth-order valence-corrected chi connectivity index (χ4v) is 2.74. The van der Waals surface area contributed by atoms with Crippen LogP contribution in [-0.2, 0) is 12.6 Å². The Balaban J connectivity index is 2.03. The van der Waals surface area contributed by atoms with Gasteiger partial charge in [-0.15, -0.1) is 0 Å². The van der Waals surface area contributed by atoms with Gasteiger partial charge >= 0.3 is 6.18 Å². The zero-order chi connectivity index (χ0) is 15.0. The molecule has 0 saturated heterocycles. The minimum absolute atomic E-state index is 0.179. The SMILES string of the molecule is Oc1ccc2c(c1)CCNC2c1cccc(C(F)(F)F)c1. The first-order valence-electron chi connectivity index (χ1n) is 6.67. The average molecular weight is 293 g/mol. The highest BCUT2D eigenvalue weighted by molar-refractivity contribution is 5.44. The first-order chi connectivity index (χ1) is 9.95. The van der Waals surface area contributed by atoms with Crippen LogP contribution in [0.2, 0.25) is 0 Å². The summed E-state index contributed by atoms with van der Waals surface area (Å²) in [5.41, 5.74) is 1.82. The van der Waals surface area contributed by atoms with Crippen LogP contribution in [0.15, 0.2) is 42.5 Å². The summed E-state index contributed by atoms with van der Waals surface area (Å²) >= 11 is 0. The number of nitrogens with one attached hydrogen (secondary N) is 1. The number of phenols is 1. The molecule has 1 aliphatic rings. The van der Waals surface area contributed by atoms with E-state index < -0.39 is 11.7 Å². The van der Waals surface area contributed by atoms with Gasteiger partial charge in [-0.05, 0) is 47.4 Å². The molecule has 0 aromatic heterocycles. The van der Waals surface area contributed by atoms with Gasteiger partial charge in [0.05, 0.1) is 11.6 Å². The lowest BCUT2D eigenvalue weighted by atomic mass is 9.89. The standard InChI is InChI=1S/C16H14F3NO/c17-16(18,19)12-3-1-2-11(8-12)15-14-5-4-13(21)9-10(14)6-7-20-15/h1-5,8-9,15,20-21H,6-7H2. The van der Waals surface area contributed by atoms with Crippen LogP contribution in [-0.4, -0.2) is 11.7 Å². The minimum atomic E-state index is -4.34. The summed E-state index contributed by atoms with van der Waals surface area (Å²) in [4.78, 5) is 0. The molecule has 21 heavy (non-hydrogen) atoms. The zero-order valence-corrected chi connectivity index (χ0v) is 11.1. The monoisotopic (exact) mass is 293 g/mol. The third-order valence-corrected chi connectivity index (χ3v) is 3.73. The van der Waals surface area contributed by atoms with Crippen LogP contribution >= 0.6 is 0 Å². The second-order valence-electron chi connectivity index (χ2n) is 5.14. The average Bonchev–Trinajstić information content (AvgIpc) is 2.45. The van der Waals surface area contributed by atoms with Crippen molar-refractivity contribution in [3.8, 4) is 5.75 Å². The fourth-order valence-electron chi connectivity index (χ4n) is 2.74. The van der Waals surface area contributed by atoms with Gasteiger partial charge in [0, 0.05) is 6.54 Å². The quantitative estimate of drug-likeness (QED) is 0.841. The van der Waals surface area contributed by atoms with Crippen molar-refractivity contribution >= 4 is 0 Å². The van der Waals surface area contributed by atoms with E-state index in [0.29, 0.717) is 12.1 Å². The largest absolute Gasteiger partial charge is 0.508 e. The van der Waals surface area contributed by atoms with Crippen LogP contribution in [0.3, 0.4) is 0 Å². The summed E-state index contributed by atoms with van der Waals surface area (Å²) in [6.07, 6.45) is -3.60. The fraction of sp³-hybridized carbons (Fsp3) is 0.250. The van der Waals surface area contributed by atoms with Crippen LogP contribution in [0.1, 0.15) is 28.3 Å². The summed E-state index contributed by atoms with van der Waals surface area (Å²) in [5, 5.41) is 12.8. The van der Waals surface area contributed by atoms with Gasteiger partial charge in [-0.2, -0.15) is 13.2 Å². The van der Waals surface area contributed by atoms with Gasteiger partial charge in [-0.25, -0.2) is 0 Å². The topological polar surface area (TPSA) is 32.3 Å². The Bertz CT molecular complexity index is 667. The summed E-state index contributed by atoms with van der Waals surface area (Å²) < 4.78 is 38.5. The van der Waals surface area contributed by atoms with Crippen LogP contribution in [0.5, 0.6) is 5.75 Å². The Kier molecular flexibility index (Phi) is 3.37. The van der Waals surface area contributed by atoms with Crippen LogP contribution in [0, 0.1) is 0 Å². The van der Waals surface area contributed by atoms with Crippen molar-refractivity contribution in [2.45, 2.75) is 18.6 Å². The molecule has 2 aromatic carbocycles. The summed E-state index contributed by atoms with van der Waals surface area (Å²) in [6, 6.07) is 10.1. The lowest BCUT2D eigenvalue weighted by Crippen LogP contribution is -2.30. The van der Waals surface area contributed by atoms with Gasteiger partial charge in [0.25, 0.3) is 0 Å². The second-order valence-corrected chi connectivity index (χ2v) is 5.14. The molecule has 1 aliphatic heterocycles. The van der Waals surface area contributed by atoms with E-state index >= 15 is 0 Å². The molecule has 0 saturated carbocycles. The summed E-state index contributed by atoms with van der Waals surface area (Å²) in [5.74, 6) is 0.179. The molecule has 1 atom stereocenters. The molecule has 2 nitrogen and oxygen atoms in total.